The fourth-order valence-corrected chi connectivity index (χ4v) is 7.25. The number of nitrogens with one attached hydrogen (secondary N) is 1. The summed E-state index contributed by atoms with van der Waals surface area (Å²) in [5, 5.41) is 0. The molecule has 1 N–H and O–H groups in total. The molecular weight excluding hydrogens is 318 g/mol. The van der Waals surface area contributed by atoms with Gasteiger partial charge in [-0.05, 0) is 80.8 Å². The molecule has 4 bridgehead atoms. The molecule has 0 amide bonds. The predicted molar refractivity (Wildman–Crippen MR) is 96.1 cm³/mol. The fraction of sp³-hybridized carbons (Fsp3) is 0.700. The number of hydrogen-bond acceptors (Lipinski definition) is 2. The molecule has 5 atom stereocenters. The molecule has 3 nitrogen and oxygen atoms in total. The van der Waals surface area contributed by atoms with Crippen LogP contribution in [0.4, 0.5) is 0 Å². The summed E-state index contributed by atoms with van der Waals surface area (Å²) in [7, 11) is -3.43. The van der Waals surface area contributed by atoms with Gasteiger partial charge in [-0.15, -0.1) is 0 Å². The minimum Gasteiger partial charge on any atom is -0.208 e. The molecule has 4 rings (SSSR count). The molecule has 0 radical (unpaired) electrons. The second-order valence-electron chi connectivity index (χ2n) is 8.61. The van der Waals surface area contributed by atoms with Crippen LogP contribution in [0.3, 0.4) is 0 Å². The van der Waals surface area contributed by atoms with E-state index < -0.39 is 10.0 Å². The van der Waals surface area contributed by atoms with E-state index in [-0.39, 0.29) is 11.5 Å². The molecule has 1 aromatic carbocycles. The molecule has 3 saturated carbocycles. The van der Waals surface area contributed by atoms with Crippen molar-refractivity contribution < 1.29 is 8.42 Å². The predicted octanol–water partition coefficient (Wildman–Crippen LogP) is 4.35. The summed E-state index contributed by atoms with van der Waals surface area (Å²) in [6.07, 6.45) is 10.5. The highest BCUT2D eigenvalue weighted by Crippen LogP contribution is 2.56. The van der Waals surface area contributed by atoms with Crippen LogP contribution in [-0.2, 0) is 10.0 Å². The van der Waals surface area contributed by atoms with Crippen LogP contribution < -0.4 is 4.72 Å². The zero-order valence-corrected chi connectivity index (χ0v) is 15.4. The highest BCUT2D eigenvalue weighted by molar-refractivity contribution is 7.89. The Hall–Kier alpha value is -0.870. The van der Waals surface area contributed by atoms with Gasteiger partial charge in [-0.3, -0.25) is 0 Å². The Labute approximate surface area is 146 Å². The van der Waals surface area contributed by atoms with Gasteiger partial charge in [-0.1, -0.05) is 31.0 Å². The van der Waals surface area contributed by atoms with Gasteiger partial charge in [-0.2, -0.15) is 0 Å². The first kappa shape index (κ1) is 16.6. The maximum atomic E-state index is 12.8. The van der Waals surface area contributed by atoms with Crippen molar-refractivity contribution in [2.45, 2.75) is 69.2 Å². The highest BCUT2D eigenvalue weighted by atomic mass is 32.2. The van der Waals surface area contributed by atoms with Crippen LogP contribution in [0.2, 0.25) is 0 Å². The van der Waals surface area contributed by atoms with Gasteiger partial charge in [0.1, 0.15) is 0 Å². The first-order valence-electron chi connectivity index (χ1n) is 9.54. The first-order chi connectivity index (χ1) is 11.5. The third kappa shape index (κ3) is 3.03. The number of hydrogen-bond donors (Lipinski definition) is 1. The van der Waals surface area contributed by atoms with Gasteiger partial charge in [0, 0.05) is 6.04 Å². The van der Waals surface area contributed by atoms with Gasteiger partial charge in [0.15, 0.2) is 0 Å². The lowest BCUT2D eigenvalue weighted by Gasteiger charge is -2.47. The average Bonchev–Trinajstić information content (AvgIpc) is 2.79. The van der Waals surface area contributed by atoms with Gasteiger partial charge >= 0.3 is 0 Å². The number of rotatable bonds is 4. The maximum Gasteiger partial charge on any atom is 0.240 e. The van der Waals surface area contributed by atoms with Gasteiger partial charge < -0.3 is 0 Å². The van der Waals surface area contributed by atoms with Crippen molar-refractivity contribution in [3.8, 4) is 0 Å². The SMILES string of the molecule is C[C@@H](NS(=O)(=O)c1ccccc1)[C@@]12CC[C@@H]3CC[C@H](C[C@@H](C3)C1)C2. The van der Waals surface area contributed by atoms with Crippen molar-refractivity contribution in [1.29, 1.82) is 0 Å². The summed E-state index contributed by atoms with van der Waals surface area (Å²) in [4.78, 5) is 0.385. The molecule has 0 unspecified atom stereocenters. The van der Waals surface area contributed by atoms with Crippen LogP contribution in [0.5, 0.6) is 0 Å². The van der Waals surface area contributed by atoms with Crippen molar-refractivity contribution in [1.82, 2.24) is 4.72 Å². The zero-order chi connectivity index (χ0) is 16.8. The van der Waals surface area contributed by atoms with Crippen LogP contribution in [-0.4, -0.2) is 14.5 Å². The van der Waals surface area contributed by atoms with Crippen molar-refractivity contribution in [2.75, 3.05) is 0 Å². The quantitative estimate of drug-likeness (QED) is 0.880. The molecule has 132 valence electrons. The van der Waals surface area contributed by atoms with Crippen molar-refractivity contribution in [3.05, 3.63) is 30.3 Å². The molecule has 0 spiro atoms. The van der Waals surface area contributed by atoms with E-state index >= 15 is 0 Å². The molecule has 0 aliphatic heterocycles. The Morgan fingerprint density at radius 2 is 1.67 bits per heavy atom. The third-order valence-corrected chi connectivity index (χ3v) is 8.62. The van der Waals surface area contributed by atoms with Crippen LogP contribution in [0.15, 0.2) is 35.2 Å². The van der Waals surface area contributed by atoms with Crippen molar-refractivity contribution in [3.63, 3.8) is 0 Å². The molecule has 0 aromatic heterocycles. The Bertz CT molecular complexity index is 683. The second kappa shape index (κ2) is 6.14. The molecule has 0 saturated heterocycles. The van der Waals surface area contributed by atoms with E-state index in [9.17, 15) is 8.42 Å². The molecule has 0 heterocycles. The molecule has 24 heavy (non-hydrogen) atoms. The minimum atomic E-state index is -3.43. The molecule has 3 aliphatic rings. The van der Waals surface area contributed by atoms with E-state index in [0.717, 1.165) is 17.8 Å². The van der Waals surface area contributed by atoms with Crippen LogP contribution in [0, 0.1) is 23.2 Å². The largest absolute Gasteiger partial charge is 0.240 e. The topological polar surface area (TPSA) is 46.2 Å². The molecule has 1 aromatic rings. The summed E-state index contributed by atoms with van der Waals surface area (Å²) < 4.78 is 28.6. The van der Waals surface area contributed by atoms with Gasteiger partial charge in [0.05, 0.1) is 4.90 Å². The summed E-state index contributed by atoms with van der Waals surface area (Å²) in [6, 6.07) is 8.83. The Balaban J connectivity index is 1.58. The summed E-state index contributed by atoms with van der Waals surface area (Å²) >= 11 is 0. The number of sulfonamides is 1. The average molecular weight is 348 g/mol. The zero-order valence-electron chi connectivity index (χ0n) is 14.6. The third-order valence-electron chi connectivity index (χ3n) is 7.06. The van der Waals surface area contributed by atoms with Gasteiger partial charge in [0.2, 0.25) is 10.0 Å². The smallest absolute Gasteiger partial charge is 0.208 e. The van der Waals surface area contributed by atoms with Gasteiger partial charge in [-0.25, -0.2) is 13.1 Å². The highest BCUT2D eigenvalue weighted by Gasteiger charge is 2.48. The van der Waals surface area contributed by atoms with Crippen molar-refractivity contribution >= 4 is 10.0 Å². The lowest BCUT2D eigenvalue weighted by molar-refractivity contribution is 0.0605. The van der Waals surface area contributed by atoms with E-state index in [0.29, 0.717) is 4.90 Å². The molecule has 4 heteroatoms. The lowest BCUT2D eigenvalue weighted by atomic mass is 9.61. The summed E-state index contributed by atoms with van der Waals surface area (Å²) in [5.41, 5.74) is 0.171. The van der Waals surface area contributed by atoms with E-state index in [1.54, 1.807) is 24.3 Å². The fourth-order valence-electron chi connectivity index (χ4n) is 5.88. The van der Waals surface area contributed by atoms with E-state index in [2.05, 4.69) is 11.6 Å². The van der Waals surface area contributed by atoms with Crippen LogP contribution in [0.25, 0.3) is 0 Å². The van der Waals surface area contributed by atoms with E-state index in [1.165, 1.54) is 51.4 Å². The summed E-state index contributed by atoms with van der Waals surface area (Å²) in [6.45, 7) is 2.11. The number of fused-ring (bicyclic) bond motifs is 3. The standard InChI is InChI=1S/C20H29NO2S/c1-15(21-24(22,23)19-5-3-2-4-6-19)20-10-9-16-7-8-17(13-20)12-18(11-16)14-20/h2-6,15-18,21H,7-14H2,1H3/t15-,16+,17-,18-,20-/m1/s1. The molecular formula is C20H29NO2S. The monoisotopic (exact) mass is 347 g/mol. The second-order valence-corrected chi connectivity index (χ2v) is 10.3. The Kier molecular flexibility index (Phi) is 4.24. The maximum absolute atomic E-state index is 12.8. The van der Waals surface area contributed by atoms with Crippen LogP contribution in [0.1, 0.15) is 58.3 Å². The minimum absolute atomic E-state index is 0.0184. The van der Waals surface area contributed by atoms with Crippen molar-refractivity contribution in [2.24, 2.45) is 23.2 Å². The van der Waals surface area contributed by atoms with E-state index in [1.807, 2.05) is 6.07 Å². The van der Waals surface area contributed by atoms with Crippen LogP contribution >= 0.6 is 0 Å². The lowest BCUT2D eigenvalue weighted by Crippen LogP contribution is -2.49. The molecule has 3 aliphatic carbocycles. The Morgan fingerprint density at radius 3 is 2.46 bits per heavy atom. The first-order valence-corrected chi connectivity index (χ1v) is 11.0. The molecule has 3 fully saturated rings. The number of benzene rings is 1. The summed E-state index contributed by atoms with van der Waals surface area (Å²) in [5.74, 6) is 2.53. The normalized spacial score (nSPS) is 37.0. The van der Waals surface area contributed by atoms with Gasteiger partial charge in [0.25, 0.3) is 0 Å². The Morgan fingerprint density at radius 1 is 1.00 bits per heavy atom. The van der Waals surface area contributed by atoms with E-state index in [4.69, 9.17) is 0 Å².